The summed E-state index contributed by atoms with van der Waals surface area (Å²) in [6.45, 7) is 0.430. The van der Waals surface area contributed by atoms with E-state index in [1.165, 1.54) is 6.08 Å². The average Bonchev–Trinajstić information content (AvgIpc) is 2.59. The minimum Gasteiger partial charge on any atom is -0.487 e. The number of carbonyl (C=O) groups excluding carboxylic acids is 1. The highest BCUT2D eigenvalue weighted by molar-refractivity contribution is 5.94. The Balaban J connectivity index is 0.00000288. The lowest BCUT2D eigenvalue weighted by Gasteiger charge is -2.07. The number of hydrogen-bond acceptors (Lipinski definition) is 3. The molecule has 0 atom stereocenters. The first-order chi connectivity index (χ1) is 11.2. The zero-order valence-corrected chi connectivity index (χ0v) is 13.9. The van der Waals surface area contributed by atoms with E-state index in [0.717, 1.165) is 5.56 Å². The van der Waals surface area contributed by atoms with Crippen LogP contribution < -0.4 is 15.8 Å². The largest absolute Gasteiger partial charge is 0.487 e. The maximum atomic E-state index is 13.2. The quantitative estimate of drug-likeness (QED) is 0.805. The summed E-state index contributed by atoms with van der Waals surface area (Å²) in [5.41, 5.74) is 6.76. The maximum absolute atomic E-state index is 13.2. The highest BCUT2D eigenvalue weighted by atomic mass is 35.5. The molecule has 0 radical (unpaired) electrons. The van der Waals surface area contributed by atoms with Gasteiger partial charge in [0.15, 0.2) is 0 Å². The van der Waals surface area contributed by atoms with E-state index in [9.17, 15) is 9.18 Å². The molecule has 2 aromatic rings. The Morgan fingerprint density at radius 3 is 2.42 bits per heavy atom. The Morgan fingerprint density at radius 1 is 1.12 bits per heavy atom. The number of hydrogen-bond donors (Lipinski definition) is 2. The van der Waals surface area contributed by atoms with Crippen LogP contribution in [0.5, 0.6) is 5.75 Å². The van der Waals surface area contributed by atoms with Crippen molar-refractivity contribution in [3.8, 4) is 5.75 Å². The predicted molar refractivity (Wildman–Crippen MR) is 95.0 cm³/mol. The first-order valence-corrected chi connectivity index (χ1v) is 7.28. The van der Waals surface area contributed by atoms with E-state index in [4.69, 9.17) is 10.5 Å². The minimum absolute atomic E-state index is 0. The summed E-state index contributed by atoms with van der Waals surface area (Å²) in [6.07, 6.45) is 1.26. The van der Waals surface area contributed by atoms with Gasteiger partial charge in [-0.3, -0.25) is 4.79 Å². The van der Waals surface area contributed by atoms with Crippen molar-refractivity contribution in [3.05, 3.63) is 77.6 Å². The van der Waals surface area contributed by atoms with Gasteiger partial charge in [-0.1, -0.05) is 30.3 Å². The van der Waals surface area contributed by atoms with Crippen molar-refractivity contribution >= 4 is 18.3 Å². The molecular weight excluding hydrogens is 331 g/mol. The van der Waals surface area contributed by atoms with Gasteiger partial charge in [-0.15, -0.1) is 12.4 Å². The highest BCUT2D eigenvalue weighted by Gasteiger charge is 2.05. The molecule has 6 heteroatoms. The molecule has 24 heavy (non-hydrogen) atoms. The lowest BCUT2D eigenvalue weighted by atomic mass is 10.2. The first-order valence-electron chi connectivity index (χ1n) is 7.28. The summed E-state index contributed by atoms with van der Waals surface area (Å²) < 4.78 is 18.4. The molecule has 0 aliphatic heterocycles. The number of carbonyl (C=O) groups is 1. The molecule has 0 saturated heterocycles. The Bertz CT molecular complexity index is 660. The van der Waals surface area contributed by atoms with Crippen LogP contribution >= 0.6 is 12.4 Å². The highest BCUT2D eigenvalue weighted by Crippen LogP contribution is 2.13. The van der Waals surface area contributed by atoms with E-state index < -0.39 is 5.83 Å². The second kappa shape index (κ2) is 10.4. The summed E-state index contributed by atoms with van der Waals surface area (Å²) in [7, 11) is 0. The standard InChI is InChI=1S/C18H19FN2O2.ClH/c19-16(10-11-20)13-23-17-8-6-15(7-9-17)18(22)21-12-14-4-2-1-3-5-14;/h1-10H,11-13,20H2,(H,21,22);1H. The van der Waals surface area contributed by atoms with Crippen LogP contribution in [0.25, 0.3) is 0 Å². The fourth-order valence-corrected chi connectivity index (χ4v) is 1.92. The van der Waals surface area contributed by atoms with Crippen molar-refractivity contribution in [1.82, 2.24) is 5.32 Å². The van der Waals surface area contributed by atoms with Gasteiger partial charge in [0.1, 0.15) is 18.2 Å². The SMILES string of the molecule is Cl.NCC=C(F)COc1ccc(C(=O)NCc2ccccc2)cc1. The van der Waals surface area contributed by atoms with Gasteiger partial charge in [-0.05, 0) is 35.9 Å². The third-order valence-electron chi connectivity index (χ3n) is 3.13. The molecule has 128 valence electrons. The molecule has 0 spiro atoms. The van der Waals surface area contributed by atoms with Crippen LogP contribution in [0.2, 0.25) is 0 Å². The van der Waals surface area contributed by atoms with Gasteiger partial charge >= 0.3 is 0 Å². The predicted octanol–water partition coefficient (Wildman–Crippen LogP) is 3.23. The van der Waals surface area contributed by atoms with Gasteiger partial charge < -0.3 is 15.8 Å². The molecule has 0 aromatic heterocycles. The van der Waals surface area contributed by atoms with Gasteiger partial charge in [-0.2, -0.15) is 0 Å². The topological polar surface area (TPSA) is 64.3 Å². The van der Waals surface area contributed by atoms with E-state index in [-0.39, 0.29) is 31.5 Å². The number of amides is 1. The molecule has 0 heterocycles. The summed E-state index contributed by atoms with van der Waals surface area (Å²) >= 11 is 0. The van der Waals surface area contributed by atoms with E-state index >= 15 is 0 Å². The molecule has 3 N–H and O–H groups in total. The Morgan fingerprint density at radius 2 is 1.79 bits per heavy atom. The zero-order chi connectivity index (χ0) is 16.5. The van der Waals surface area contributed by atoms with Crippen LogP contribution in [0.1, 0.15) is 15.9 Å². The molecule has 0 fully saturated rings. The summed E-state index contributed by atoms with van der Waals surface area (Å²) in [4.78, 5) is 12.0. The zero-order valence-electron chi connectivity index (χ0n) is 13.1. The molecule has 0 saturated carbocycles. The number of benzene rings is 2. The third-order valence-corrected chi connectivity index (χ3v) is 3.13. The normalized spacial score (nSPS) is 10.7. The number of halogens is 2. The Kier molecular flexibility index (Phi) is 8.54. The Labute approximate surface area is 146 Å². The van der Waals surface area contributed by atoms with E-state index in [1.54, 1.807) is 24.3 Å². The number of rotatable bonds is 7. The molecule has 0 aliphatic carbocycles. The molecule has 0 aliphatic rings. The van der Waals surface area contributed by atoms with Crippen molar-refractivity contribution in [2.45, 2.75) is 6.54 Å². The lowest BCUT2D eigenvalue weighted by Crippen LogP contribution is -2.22. The van der Waals surface area contributed by atoms with Gasteiger partial charge in [-0.25, -0.2) is 4.39 Å². The summed E-state index contributed by atoms with van der Waals surface area (Å²) in [5, 5.41) is 2.84. The maximum Gasteiger partial charge on any atom is 0.251 e. The van der Waals surface area contributed by atoms with E-state index in [2.05, 4.69) is 5.32 Å². The van der Waals surface area contributed by atoms with E-state index in [0.29, 0.717) is 17.9 Å². The van der Waals surface area contributed by atoms with Crippen LogP contribution in [-0.2, 0) is 6.54 Å². The monoisotopic (exact) mass is 350 g/mol. The van der Waals surface area contributed by atoms with Gasteiger partial charge in [0.25, 0.3) is 5.91 Å². The van der Waals surface area contributed by atoms with Crippen LogP contribution in [-0.4, -0.2) is 19.1 Å². The van der Waals surface area contributed by atoms with Crippen molar-refractivity contribution in [2.24, 2.45) is 5.73 Å². The smallest absolute Gasteiger partial charge is 0.251 e. The van der Waals surface area contributed by atoms with Crippen molar-refractivity contribution < 1.29 is 13.9 Å². The summed E-state index contributed by atoms with van der Waals surface area (Å²) in [6, 6.07) is 16.2. The molecule has 1 amide bonds. The van der Waals surface area contributed by atoms with Crippen molar-refractivity contribution in [1.29, 1.82) is 0 Å². The molecular formula is C18H20ClFN2O2. The molecule has 0 unspecified atom stereocenters. The lowest BCUT2D eigenvalue weighted by molar-refractivity contribution is 0.0951. The molecule has 0 bridgehead atoms. The van der Waals surface area contributed by atoms with Crippen molar-refractivity contribution in [3.63, 3.8) is 0 Å². The van der Waals surface area contributed by atoms with Crippen LogP contribution in [0.3, 0.4) is 0 Å². The minimum atomic E-state index is -0.419. The molecule has 4 nitrogen and oxygen atoms in total. The van der Waals surface area contributed by atoms with Crippen LogP contribution in [0.4, 0.5) is 4.39 Å². The number of nitrogens with one attached hydrogen (secondary N) is 1. The second-order valence-electron chi connectivity index (χ2n) is 4.87. The van der Waals surface area contributed by atoms with Gasteiger partial charge in [0, 0.05) is 18.7 Å². The molecule has 2 aromatic carbocycles. The third kappa shape index (κ3) is 6.40. The summed E-state index contributed by atoms with van der Waals surface area (Å²) in [5.74, 6) is -0.100. The van der Waals surface area contributed by atoms with Crippen LogP contribution in [0.15, 0.2) is 66.5 Å². The fraction of sp³-hybridized carbons (Fsp3) is 0.167. The number of ether oxygens (including phenoxy) is 1. The Hall–Kier alpha value is -2.37. The van der Waals surface area contributed by atoms with Crippen LogP contribution in [0, 0.1) is 0 Å². The fourth-order valence-electron chi connectivity index (χ4n) is 1.92. The molecule has 2 rings (SSSR count). The van der Waals surface area contributed by atoms with E-state index in [1.807, 2.05) is 30.3 Å². The average molecular weight is 351 g/mol. The van der Waals surface area contributed by atoms with Crippen molar-refractivity contribution in [2.75, 3.05) is 13.2 Å². The second-order valence-corrected chi connectivity index (χ2v) is 4.87. The first kappa shape index (κ1) is 19.7. The van der Waals surface area contributed by atoms with Gasteiger partial charge in [0.05, 0.1) is 0 Å². The number of nitrogens with two attached hydrogens (primary N) is 1. The van der Waals surface area contributed by atoms with Gasteiger partial charge in [0.2, 0.25) is 0 Å².